The van der Waals surface area contributed by atoms with E-state index in [2.05, 4.69) is 183 Å². The topological polar surface area (TPSA) is 100 Å². The first kappa shape index (κ1) is 39.2. The van der Waals surface area contributed by atoms with E-state index in [0.717, 1.165) is 127 Å². The molecule has 0 unspecified atom stereocenters. The molecule has 9 nitrogen and oxygen atoms in total. The number of nitrogens with zero attached hydrogens (tertiary/aromatic N) is 8. The summed E-state index contributed by atoms with van der Waals surface area (Å²) in [5, 5.41) is 8.45. The Labute approximate surface area is 404 Å². The number of hydrogen-bond acceptors (Lipinski definition) is 7. The molecule has 8 aromatic carbocycles. The standard InChI is InChI=1S/C62H36N8O/c1-2-11-37(12-3-1)38-23-29-55-48(35-38)49-36-41(24-30-56(49)71-55)52-17-8-20-57(65-52)69-53-18-6-4-15-44(53)46-25-26-47-45-16-5-7-19-54(45)70(59(47)58(46)69)62-67-60(42-21-27-50-39(33-42)13-9-31-63-50)66-61(68-62)43-22-28-51-40(34-43)14-10-32-64-51/h1-36H. The van der Waals surface area contributed by atoms with Crippen LogP contribution in [0.15, 0.2) is 223 Å². The van der Waals surface area contributed by atoms with Crippen LogP contribution in [0.25, 0.3) is 144 Å². The lowest BCUT2D eigenvalue weighted by molar-refractivity contribution is 0.669. The van der Waals surface area contributed by atoms with Crippen LogP contribution in [0.3, 0.4) is 0 Å². The minimum atomic E-state index is 0.496. The second kappa shape index (κ2) is 15.3. The second-order valence-electron chi connectivity index (χ2n) is 17.9. The fourth-order valence-electron chi connectivity index (χ4n) is 10.6. The van der Waals surface area contributed by atoms with Gasteiger partial charge in [-0.15, -0.1) is 0 Å². The van der Waals surface area contributed by atoms with Crippen molar-refractivity contribution < 1.29 is 4.42 Å². The summed E-state index contributed by atoms with van der Waals surface area (Å²) in [4.78, 5) is 30.7. The maximum absolute atomic E-state index is 6.38. The molecule has 15 rings (SSSR count). The molecule has 0 saturated carbocycles. The third-order valence-corrected chi connectivity index (χ3v) is 13.9. The van der Waals surface area contributed by atoms with Gasteiger partial charge >= 0.3 is 0 Å². The van der Waals surface area contributed by atoms with Gasteiger partial charge < -0.3 is 4.42 Å². The van der Waals surface area contributed by atoms with Crippen LogP contribution in [0, 0.1) is 0 Å². The summed E-state index contributed by atoms with van der Waals surface area (Å²) >= 11 is 0. The van der Waals surface area contributed by atoms with Gasteiger partial charge in [-0.2, -0.15) is 9.97 Å². The summed E-state index contributed by atoms with van der Waals surface area (Å²) in [6.07, 6.45) is 3.62. The highest BCUT2D eigenvalue weighted by atomic mass is 16.3. The average Bonchev–Trinajstić information content (AvgIpc) is 4.10. The molecule has 0 N–H and O–H groups in total. The molecule has 330 valence electrons. The molecule has 15 aromatic rings. The maximum atomic E-state index is 6.38. The third kappa shape index (κ3) is 6.20. The Bertz CT molecular complexity index is 4570. The first-order valence-corrected chi connectivity index (χ1v) is 23.6. The highest BCUT2D eigenvalue weighted by Crippen LogP contribution is 2.42. The van der Waals surface area contributed by atoms with Crippen LogP contribution >= 0.6 is 0 Å². The van der Waals surface area contributed by atoms with E-state index >= 15 is 0 Å². The molecule has 9 heteroatoms. The summed E-state index contributed by atoms with van der Waals surface area (Å²) < 4.78 is 10.9. The summed E-state index contributed by atoms with van der Waals surface area (Å²) in [5.74, 6) is 2.38. The van der Waals surface area contributed by atoms with E-state index in [1.54, 1.807) is 0 Å². The first-order valence-electron chi connectivity index (χ1n) is 23.6. The second-order valence-corrected chi connectivity index (χ2v) is 17.9. The molecule has 0 fully saturated rings. The van der Waals surface area contributed by atoms with Crippen LogP contribution in [-0.4, -0.2) is 39.0 Å². The number of hydrogen-bond donors (Lipinski definition) is 0. The molecule has 0 radical (unpaired) electrons. The van der Waals surface area contributed by atoms with Crippen LogP contribution in [0.5, 0.6) is 0 Å². The molecule has 0 atom stereocenters. The number of aromatic nitrogens is 8. The van der Waals surface area contributed by atoms with Crippen molar-refractivity contribution >= 4 is 87.4 Å². The van der Waals surface area contributed by atoms with Crippen molar-refractivity contribution in [2.24, 2.45) is 0 Å². The highest BCUT2D eigenvalue weighted by Gasteiger charge is 2.24. The summed E-state index contributed by atoms with van der Waals surface area (Å²) in [6.45, 7) is 0. The van der Waals surface area contributed by atoms with Gasteiger partial charge in [0.05, 0.1) is 38.8 Å². The van der Waals surface area contributed by atoms with Crippen LogP contribution in [0.4, 0.5) is 0 Å². The Kier molecular flexibility index (Phi) is 8.46. The molecular weight excluding hydrogens is 873 g/mol. The SMILES string of the molecule is c1ccc(-c2ccc3oc4ccc(-c5cccc(-n6c7ccccc7c7ccc8c9ccccc9n(-c9nc(-c%10ccc%11ncccc%11c%10)nc(-c%10ccc%11ncccc%11c%10)n9)c8c76)n5)cc4c3c2)cc1. The van der Waals surface area contributed by atoms with E-state index in [-0.39, 0.29) is 0 Å². The molecule has 0 spiro atoms. The van der Waals surface area contributed by atoms with Crippen molar-refractivity contribution in [1.29, 1.82) is 0 Å². The molecule has 0 bridgehead atoms. The van der Waals surface area contributed by atoms with Crippen molar-refractivity contribution in [3.63, 3.8) is 0 Å². The van der Waals surface area contributed by atoms with Crippen molar-refractivity contribution in [1.82, 2.24) is 39.0 Å². The maximum Gasteiger partial charge on any atom is 0.238 e. The largest absolute Gasteiger partial charge is 0.456 e. The van der Waals surface area contributed by atoms with E-state index in [1.165, 1.54) is 0 Å². The predicted molar refractivity (Wildman–Crippen MR) is 286 cm³/mol. The monoisotopic (exact) mass is 908 g/mol. The normalized spacial score (nSPS) is 11.9. The number of rotatable bonds is 6. The molecule has 0 amide bonds. The van der Waals surface area contributed by atoms with Crippen molar-refractivity contribution in [2.45, 2.75) is 0 Å². The van der Waals surface area contributed by atoms with Gasteiger partial charge in [-0.3, -0.25) is 19.1 Å². The smallest absolute Gasteiger partial charge is 0.238 e. The van der Waals surface area contributed by atoms with Crippen molar-refractivity contribution in [3.05, 3.63) is 219 Å². The molecule has 7 aromatic heterocycles. The Morgan fingerprint density at radius 2 is 0.901 bits per heavy atom. The van der Waals surface area contributed by atoms with E-state index in [0.29, 0.717) is 17.6 Å². The number of benzene rings is 8. The minimum Gasteiger partial charge on any atom is -0.456 e. The van der Waals surface area contributed by atoms with Gasteiger partial charge in [-0.05, 0) is 114 Å². The lowest BCUT2D eigenvalue weighted by atomic mass is 10.0. The lowest BCUT2D eigenvalue weighted by Crippen LogP contribution is -2.07. The molecule has 0 saturated heterocycles. The number of fused-ring (bicyclic) bond motifs is 12. The molecular formula is C62H36N8O. The summed E-state index contributed by atoms with van der Waals surface area (Å²) in [6, 6.07) is 71.5. The van der Waals surface area contributed by atoms with Gasteiger partial charge in [0.15, 0.2) is 11.6 Å². The van der Waals surface area contributed by atoms with Crippen molar-refractivity contribution in [3.8, 4) is 56.9 Å². The highest BCUT2D eigenvalue weighted by molar-refractivity contribution is 6.23. The first-order chi connectivity index (χ1) is 35.2. The zero-order valence-corrected chi connectivity index (χ0v) is 37.8. The molecule has 0 aliphatic rings. The zero-order valence-electron chi connectivity index (χ0n) is 37.8. The van der Waals surface area contributed by atoms with Crippen LogP contribution in [0.2, 0.25) is 0 Å². The van der Waals surface area contributed by atoms with Crippen molar-refractivity contribution in [2.75, 3.05) is 0 Å². The average molecular weight is 909 g/mol. The summed E-state index contributed by atoms with van der Waals surface area (Å²) in [5.41, 5.74) is 13.3. The fourth-order valence-corrected chi connectivity index (χ4v) is 10.6. The third-order valence-electron chi connectivity index (χ3n) is 13.9. The number of para-hydroxylation sites is 2. The Morgan fingerprint density at radius 3 is 1.56 bits per heavy atom. The van der Waals surface area contributed by atoms with Crippen LogP contribution in [0.1, 0.15) is 0 Å². The summed E-state index contributed by atoms with van der Waals surface area (Å²) in [7, 11) is 0. The van der Waals surface area contributed by atoms with E-state index in [1.807, 2.05) is 54.9 Å². The van der Waals surface area contributed by atoms with Gasteiger partial charge in [-0.25, -0.2) is 9.97 Å². The molecule has 0 aliphatic carbocycles. The van der Waals surface area contributed by atoms with Crippen LogP contribution in [-0.2, 0) is 0 Å². The molecule has 71 heavy (non-hydrogen) atoms. The Balaban J connectivity index is 0.975. The number of pyridine rings is 3. The zero-order chi connectivity index (χ0) is 46.6. The van der Waals surface area contributed by atoms with Gasteiger partial charge in [-0.1, -0.05) is 103 Å². The Morgan fingerprint density at radius 1 is 0.338 bits per heavy atom. The lowest BCUT2D eigenvalue weighted by Gasteiger charge is -2.14. The van der Waals surface area contributed by atoms with E-state index < -0.39 is 0 Å². The van der Waals surface area contributed by atoms with Gasteiger partial charge in [0.2, 0.25) is 5.95 Å². The fraction of sp³-hybridized carbons (Fsp3) is 0. The van der Waals surface area contributed by atoms with Gasteiger partial charge in [0.25, 0.3) is 0 Å². The van der Waals surface area contributed by atoms with Crippen LogP contribution < -0.4 is 0 Å². The molecule has 0 aliphatic heterocycles. The Hall–Kier alpha value is -9.86. The van der Waals surface area contributed by atoms with E-state index in [9.17, 15) is 0 Å². The quantitative estimate of drug-likeness (QED) is 0.164. The van der Waals surface area contributed by atoms with E-state index in [4.69, 9.17) is 24.4 Å². The van der Waals surface area contributed by atoms with Gasteiger partial charge in [0.1, 0.15) is 17.0 Å². The predicted octanol–water partition coefficient (Wildman–Crippen LogP) is 15.1. The van der Waals surface area contributed by atoms with Gasteiger partial charge in [0, 0.05) is 72.2 Å². The number of furan rings is 1. The molecule has 7 heterocycles. The minimum absolute atomic E-state index is 0.496.